The van der Waals surface area contributed by atoms with Gasteiger partial charge in [0.05, 0.1) is 11.3 Å². The first kappa shape index (κ1) is 13.7. The van der Waals surface area contributed by atoms with Gasteiger partial charge in [0.1, 0.15) is 0 Å². The molecule has 1 heterocycles. The van der Waals surface area contributed by atoms with Gasteiger partial charge in [-0.05, 0) is 29.8 Å². The first-order chi connectivity index (χ1) is 9.61. The molecule has 0 saturated heterocycles. The maximum absolute atomic E-state index is 11.4. The molecule has 2 amide bonds. The highest BCUT2D eigenvalue weighted by Gasteiger charge is 2.10. The molecule has 0 aliphatic carbocycles. The van der Waals surface area contributed by atoms with Gasteiger partial charge in [-0.2, -0.15) is 0 Å². The molecule has 5 heteroatoms. The molecule has 0 fully saturated rings. The van der Waals surface area contributed by atoms with E-state index in [1.165, 1.54) is 0 Å². The molecule has 0 unspecified atom stereocenters. The predicted octanol–water partition coefficient (Wildman–Crippen LogP) is 1.13. The molecule has 2 rings (SSSR count). The Bertz CT molecular complexity index is 636. The molecule has 0 aliphatic rings. The molecule has 5 nitrogen and oxygen atoms in total. The Morgan fingerprint density at radius 3 is 2.50 bits per heavy atom. The molecule has 0 atom stereocenters. The molecular formula is C15H15N3O2. The van der Waals surface area contributed by atoms with Crippen molar-refractivity contribution < 1.29 is 9.59 Å². The lowest BCUT2D eigenvalue weighted by atomic mass is 10.0. The van der Waals surface area contributed by atoms with E-state index in [9.17, 15) is 9.59 Å². The highest BCUT2D eigenvalue weighted by atomic mass is 16.1. The monoisotopic (exact) mass is 269 g/mol. The van der Waals surface area contributed by atoms with Crippen molar-refractivity contribution in [2.24, 2.45) is 5.73 Å². The number of hydrogen-bond donors (Lipinski definition) is 2. The molecule has 0 saturated carbocycles. The number of hydrogen-bond acceptors (Lipinski definition) is 3. The van der Waals surface area contributed by atoms with Crippen LogP contribution in [0.3, 0.4) is 0 Å². The van der Waals surface area contributed by atoms with E-state index in [0.29, 0.717) is 23.2 Å². The maximum atomic E-state index is 11.4. The number of benzene rings is 1. The summed E-state index contributed by atoms with van der Waals surface area (Å²) in [6, 6.07) is 10.5. The average molecular weight is 269 g/mol. The van der Waals surface area contributed by atoms with E-state index >= 15 is 0 Å². The van der Waals surface area contributed by atoms with E-state index in [1.54, 1.807) is 37.5 Å². The second-order valence-corrected chi connectivity index (χ2v) is 4.31. The highest BCUT2D eigenvalue weighted by molar-refractivity contribution is 5.94. The van der Waals surface area contributed by atoms with E-state index in [2.05, 4.69) is 10.3 Å². The Hall–Kier alpha value is -2.69. The summed E-state index contributed by atoms with van der Waals surface area (Å²) in [5.74, 6) is -0.623. The molecular weight excluding hydrogens is 254 g/mol. The van der Waals surface area contributed by atoms with Crippen molar-refractivity contribution in [2.75, 3.05) is 7.05 Å². The van der Waals surface area contributed by atoms with Gasteiger partial charge in [-0.3, -0.25) is 14.6 Å². The third-order valence-corrected chi connectivity index (χ3v) is 2.97. The fourth-order valence-electron chi connectivity index (χ4n) is 1.91. The van der Waals surface area contributed by atoms with Crippen molar-refractivity contribution in [3.05, 3.63) is 65.0 Å². The summed E-state index contributed by atoms with van der Waals surface area (Å²) in [5.41, 5.74) is 7.92. The molecule has 1 aromatic carbocycles. The number of carbonyl (C=O) groups excluding carboxylic acids is 2. The number of carbonyl (C=O) groups is 2. The van der Waals surface area contributed by atoms with Crippen LogP contribution in [-0.2, 0) is 6.42 Å². The Labute approximate surface area is 116 Å². The normalized spacial score (nSPS) is 10.1. The van der Waals surface area contributed by atoms with Gasteiger partial charge in [-0.15, -0.1) is 0 Å². The second kappa shape index (κ2) is 5.97. The first-order valence-electron chi connectivity index (χ1n) is 6.16. The number of nitrogens with zero attached hydrogens (tertiary/aromatic N) is 1. The molecule has 102 valence electrons. The Balaban J connectivity index is 2.23. The maximum Gasteiger partial charge on any atom is 0.251 e. The highest BCUT2D eigenvalue weighted by Crippen LogP contribution is 2.12. The molecule has 0 bridgehead atoms. The van der Waals surface area contributed by atoms with E-state index in [4.69, 9.17) is 5.73 Å². The Morgan fingerprint density at radius 1 is 1.20 bits per heavy atom. The van der Waals surface area contributed by atoms with E-state index in [-0.39, 0.29) is 5.91 Å². The van der Waals surface area contributed by atoms with Crippen LogP contribution in [0.5, 0.6) is 0 Å². The van der Waals surface area contributed by atoms with Crippen LogP contribution < -0.4 is 11.1 Å². The van der Waals surface area contributed by atoms with E-state index in [1.807, 2.05) is 12.1 Å². The van der Waals surface area contributed by atoms with Gasteiger partial charge in [0, 0.05) is 25.2 Å². The van der Waals surface area contributed by atoms with Crippen LogP contribution in [0.25, 0.3) is 0 Å². The second-order valence-electron chi connectivity index (χ2n) is 4.31. The van der Waals surface area contributed by atoms with Crippen molar-refractivity contribution in [2.45, 2.75) is 6.42 Å². The lowest BCUT2D eigenvalue weighted by molar-refractivity contribution is 0.0961. The molecule has 0 radical (unpaired) electrons. The number of aromatic nitrogens is 1. The smallest absolute Gasteiger partial charge is 0.251 e. The van der Waals surface area contributed by atoms with E-state index in [0.717, 1.165) is 5.56 Å². The SMILES string of the molecule is CNC(=O)c1ccc(Cc2ncccc2C(N)=O)cc1. The summed E-state index contributed by atoms with van der Waals surface area (Å²) in [6.07, 6.45) is 2.12. The zero-order chi connectivity index (χ0) is 14.5. The fraction of sp³-hybridized carbons (Fsp3) is 0.133. The van der Waals surface area contributed by atoms with E-state index < -0.39 is 5.91 Å². The summed E-state index contributed by atoms with van der Waals surface area (Å²) in [5, 5.41) is 2.56. The average Bonchev–Trinajstić information content (AvgIpc) is 2.47. The largest absolute Gasteiger partial charge is 0.366 e. The lowest BCUT2D eigenvalue weighted by Gasteiger charge is -2.06. The molecule has 2 aromatic rings. The van der Waals surface area contributed by atoms with Gasteiger partial charge < -0.3 is 11.1 Å². The summed E-state index contributed by atoms with van der Waals surface area (Å²) in [4.78, 5) is 27.0. The summed E-state index contributed by atoms with van der Waals surface area (Å²) in [7, 11) is 1.59. The van der Waals surface area contributed by atoms with Gasteiger partial charge in [0.15, 0.2) is 0 Å². The van der Waals surface area contributed by atoms with Crippen molar-refractivity contribution in [1.82, 2.24) is 10.3 Å². The number of pyridine rings is 1. The molecule has 1 aromatic heterocycles. The zero-order valence-corrected chi connectivity index (χ0v) is 11.1. The standard InChI is InChI=1S/C15H15N3O2/c1-17-15(20)11-6-4-10(5-7-11)9-13-12(14(16)19)3-2-8-18-13/h2-8H,9H2,1H3,(H2,16,19)(H,17,20). The van der Waals surface area contributed by atoms with Crippen molar-refractivity contribution in [3.63, 3.8) is 0 Å². The van der Waals surface area contributed by atoms with Crippen LogP contribution >= 0.6 is 0 Å². The number of nitrogens with two attached hydrogens (primary N) is 1. The van der Waals surface area contributed by atoms with Gasteiger partial charge in [0.2, 0.25) is 0 Å². The molecule has 3 N–H and O–H groups in total. The summed E-state index contributed by atoms with van der Waals surface area (Å²) in [6.45, 7) is 0. The third-order valence-electron chi connectivity index (χ3n) is 2.97. The van der Waals surface area contributed by atoms with Crippen molar-refractivity contribution in [3.8, 4) is 0 Å². The molecule has 0 spiro atoms. The minimum Gasteiger partial charge on any atom is -0.366 e. The van der Waals surface area contributed by atoms with Crippen LogP contribution in [0, 0.1) is 0 Å². The quantitative estimate of drug-likeness (QED) is 0.872. The topological polar surface area (TPSA) is 85.1 Å². The number of primary amides is 1. The van der Waals surface area contributed by atoms with Gasteiger partial charge >= 0.3 is 0 Å². The lowest BCUT2D eigenvalue weighted by Crippen LogP contribution is -2.17. The fourth-order valence-corrected chi connectivity index (χ4v) is 1.91. The van der Waals surface area contributed by atoms with Crippen LogP contribution in [0.4, 0.5) is 0 Å². The Kier molecular flexibility index (Phi) is 4.10. The van der Waals surface area contributed by atoms with Gasteiger partial charge in [-0.25, -0.2) is 0 Å². The minimum absolute atomic E-state index is 0.132. The van der Waals surface area contributed by atoms with Crippen molar-refractivity contribution >= 4 is 11.8 Å². The number of rotatable bonds is 4. The number of amides is 2. The van der Waals surface area contributed by atoms with Gasteiger partial charge in [-0.1, -0.05) is 12.1 Å². The predicted molar refractivity (Wildman–Crippen MR) is 75.4 cm³/mol. The summed E-state index contributed by atoms with van der Waals surface area (Å²) >= 11 is 0. The third kappa shape index (κ3) is 3.00. The molecule has 0 aliphatic heterocycles. The first-order valence-corrected chi connectivity index (χ1v) is 6.16. The Morgan fingerprint density at radius 2 is 1.90 bits per heavy atom. The summed E-state index contributed by atoms with van der Waals surface area (Å²) < 4.78 is 0. The van der Waals surface area contributed by atoms with Crippen molar-refractivity contribution in [1.29, 1.82) is 0 Å². The van der Waals surface area contributed by atoms with Crippen LogP contribution in [0.2, 0.25) is 0 Å². The zero-order valence-electron chi connectivity index (χ0n) is 11.1. The van der Waals surface area contributed by atoms with Gasteiger partial charge in [0.25, 0.3) is 11.8 Å². The molecule has 20 heavy (non-hydrogen) atoms. The number of nitrogens with one attached hydrogen (secondary N) is 1. The van der Waals surface area contributed by atoms with Crippen LogP contribution in [0.1, 0.15) is 32.0 Å². The van der Waals surface area contributed by atoms with Crippen LogP contribution in [0.15, 0.2) is 42.6 Å². The minimum atomic E-state index is -0.491. The van der Waals surface area contributed by atoms with Crippen LogP contribution in [-0.4, -0.2) is 23.8 Å².